The lowest BCUT2D eigenvalue weighted by molar-refractivity contribution is -0.436. The molecule has 1 aliphatic heterocycles. The topological polar surface area (TPSA) is 7.94 Å². The van der Waals surface area contributed by atoms with Crippen LogP contribution in [0.2, 0.25) is 0 Å². The van der Waals surface area contributed by atoms with Crippen molar-refractivity contribution in [3.63, 3.8) is 0 Å². The van der Waals surface area contributed by atoms with Crippen molar-refractivity contribution in [2.24, 2.45) is 0 Å². The summed E-state index contributed by atoms with van der Waals surface area (Å²) >= 11 is 0. The average molecular weight is 713 g/mol. The Kier molecular flexibility index (Phi) is 10.8. The second-order valence-electron chi connectivity index (χ2n) is 13.9. The molecule has 0 saturated carbocycles. The number of hydrogen-bond acceptors (Lipinski definition) is 0. The van der Waals surface area contributed by atoms with Crippen LogP contribution in [-0.4, -0.2) is 28.7 Å². The summed E-state index contributed by atoms with van der Waals surface area (Å²) in [5.41, 5.74) is 11.0. The van der Waals surface area contributed by atoms with Gasteiger partial charge in [0.1, 0.15) is 6.54 Å². The molecule has 0 bridgehead atoms. The van der Waals surface area contributed by atoms with E-state index in [1.807, 2.05) is 0 Å². The number of aromatic nitrogens is 1. The number of unbranched alkanes of at least 4 members (excludes halogenated alkanes) is 2. The zero-order valence-corrected chi connectivity index (χ0v) is 30.5. The maximum atomic E-state index is 9.75. The first-order valence-corrected chi connectivity index (χ1v) is 19.0. The van der Waals surface area contributed by atoms with Gasteiger partial charge >= 0.3 is 7.25 Å². The van der Waals surface area contributed by atoms with Crippen molar-refractivity contribution in [1.29, 1.82) is 0 Å². The van der Waals surface area contributed by atoms with E-state index in [2.05, 4.69) is 150 Å². The van der Waals surface area contributed by atoms with E-state index >= 15 is 0 Å². The van der Waals surface area contributed by atoms with Crippen LogP contribution >= 0.6 is 0 Å². The van der Waals surface area contributed by atoms with Crippen molar-refractivity contribution in [2.75, 3.05) is 6.54 Å². The van der Waals surface area contributed by atoms with Crippen molar-refractivity contribution < 1.29 is 21.8 Å². The van der Waals surface area contributed by atoms with Crippen LogP contribution in [0.25, 0.3) is 44.1 Å². The van der Waals surface area contributed by atoms with Crippen molar-refractivity contribution in [3.05, 3.63) is 149 Å². The summed E-state index contributed by atoms with van der Waals surface area (Å²) in [5.74, 6) is 0. The molecule has 5 aromatic carbocycles. The van der Waals surface area contributed by atoms with E-state index in [-0.39, 0.29) is 0 Å². The number of benzene rings is 5. The minimum Gasteiger partial charge on any atom is -0.418 e. The monoisotopic (exact) mass is 712 g/mol. The van der Waals surface area contributed by atoms with E-state index in [9.17, 15) is 17.3 Å². The lowest BCUT2D eigenvalue weighted by Crippen LogP contribution is -2.16. The van der Waals surface area contributed by atoms with E-state index < -0.39 is 7.25 Å². The van der Waals surface area contributed by atoms with Crippen LogP contribution in [0.5, 0.6) is 0 Å². The fraction of sp³-hybridized carbons (Fsp3) is 0.239. The van der Waals surface area contributed by atoms with Crippen LogP contribution in [0.3, 0.4) is 0 Å². The zero-order valence-electron chi connectivity index (χ0n) is 30.5. The van der Waals surface area contributed by atoms with Crippen LogP contribution < -0.4 is 5.35 Å². The highest BCUT2D eigenvalue weighted by Gasteiger charge is 2.30. The highest BCUT2D eigenvalue weighted by atomic mass is 19.5. The number of halogens is 4. The van der Waals surface area contributed by atoms with E-state index in [0.29, 0.717) is 0 Å². The minimum absolute atomic E-state index is 1.04. The third kappa shape index (κ3) is 7.66. The van der Waals surface area contributed by atoms with Gasteiger partial charge in [0, 0.05) is 46.7 Å². The van der Waals surface area contributed by atoms with Crippen molar-refractivity contribution in [2.45, 2.75) is 65.3 Å². The minimum atomic E-state index is -6.00. The zero-order chi connectivity index (χ0) is 37.0. The molecule has 0 saturated heterocycles. The fourth-order valence-electron chi connectivity index (χ4n) is 8.14. The molecule has 6 aromatic rings. The molecule has 0 N–H and O–H groups in total. The molecule has 0 amide bonds. The van der Waals surface area contributed by atoms with Gasteiger partial charge in [0.15, 0.2) is 0 Å². The summed E-state index contributed by atoms with van der Waals surface area (Å²) in [4.78, 5) is 0. The molecular weight excluding hydrogens is 667 g/mol. The quantitative estimate of drug-likeness (QED) is 0.0759. The third-order valence-electron chi connectivity index (χ3n) is 10.4. The standard InChI is InChI=1S/C46H45N2.BF4/c1-3-5-31-47-40(38-23-11-19-34-21-13-25-42(47)45(34)38)29-27-36-17-10-18-37(44(36)33-15-8-7-9-16-33)28-30-41-39-24-12-20-35-22-14-26-43(46(35)39)48(41)32-6-4-2;2-1(3,4)5/h7-9,11-16,19-30H,3-6,10,17-18,31-32H2,1-2H3;/q+1;-1. The summed E-state index contributed by atoms with van der Waals surface area (Å²) in [7, 11) is -6.00. The molecule has 53 heavy (non-hydrogen) atoms. The lowest BCUT2D eigenvalue weighted by Gasteiger charge is -2.22. The summed E-state index contributed by atoms with van der Waals surface area (Å²) in [6, 6.07) is 38.2. The van der Waals surface area contributed by atoms with Gasteiger partial charge in [-0.25, -0.2) is 0 Å². The van der Waals surface area contributed by atoms with Crippen molar-refractivity contribution in [3.8, 4) is 0 Å². The van der Waals surface area contributed by atoms with Gasteiger partial charge in [-0.05, 0) is 76.9 Å². The van der Waals surface area contributed by atoms with Crippen molar-refractivity contribution in [1.82, 2.24) is 4.57 Å². The SMILES string of the molecule is CCCCn1/c(=C/C=C2/CCCC(/C=C/C3=[N+](CCCC)c4cccc5cccc3c45)=C2c2ccccc2)c2cccc3cccc1c32.F[B-](F)(F)F. The molecule has 0 spiro atoms. The fourth-order valence-corrected chi connectivity index (χ4v) is 8.14. The van der Waals surface area contributed by atoms with Gasteiger partial charge in [-0.2, -0.15) is 4.58 Å². The maximum absolute atomic E-state index is 9.75. The van der Waals surface area contributed by atoms with Gasteiger partial charge in [0.05, 0.1) is 10.9 Å². The van der Waals surface area contributed by atoms with Crippen molar-refractivity contribution >= 4 is 62.8 Å². The number of allylic oxidation sites excluding steroid dienone is 6. The molecule has 8 rings (SSSR count). The third-order valence-corrected chi connectivity index (χ3v) is 10.4. The van der Waals surface area contributed by atoms with Crippen LogP contribution in [0.1, 0.15) is 69.9 Å². The largest absolute Gasteiger partial charge is 0.673 e. The second-order valence-corrected chi connectivity index (χ2v) is 13.9. The Morgan fingerprint density at radius 1 is 0.698 bits per heavy atom. The lowest BCUT2D eigenvalue weighted by atomic mass is 9.82. The second kappa shape index (κ2) is 15.8. The predicted molar refractivity (Wildman–Crippen MR) is 216 cm³/mol. The van der Waals surface area contributed by atoms with Gasteiger partial charge in [0.25, 0.3) is 0 Å². The highest BCUT2D eigenvalue weighted by molar-refractivity contribution is 6.50. The normalized spacial score (nSPS) is 15.9. The molecular formula is C46H45BF4N2. The summed E-state index contributed by atoms with van der Waals surface area (Å²) < 4.78 is 44.1. The molecule has 0 atom stereocenters. The van der Waals surface area contributed by atoms with Gasteiger partial charge in [0.2, 0.25) is 11.4 Å². The number of nitrogens with zero attached hydrogens (tertiary/aromatic N) is 2. The Labute approximate surface area is 309 Å². The molecule has 270 valence electrons. The maximum Gasteiger partial charge on any atom is 0.673 e. The highest BCUT2D eigenvalue weighted by Crippen LogP contribution is 2.39. The Balaban J connectivity index is 0.000000817. The Morgan fingerprint density at radius 2 is 1.38 bits per heavy atom. The molecule has 2 heterocycles. The summed E-state index contributed by atoms with van der Waals surface area (Å²) in [5, 5.41) is 8.13. The average Bonchev–Trinajstić information content (AvgIpc) is 3.64. The molecule has 1 aliphatic carbocycles. The van der Waals surface area contributed by atoms with E-state index in [0.717, 1.165) is 32.4 Å². The van der Waals surface area contributed by atoms with E-state index in [1.165, 1.54) is 103 Å². The van der Waals surface area contributed by atoms with E-state index in [1.54, 1.807) is 0 Å². The smallest absolute Gasteiger partial charge is 0.418 e. The molecule has 2 nitrogen and oxygen atoms in total. The predicted octanol–water partition coefficient (Wildman–Crippen LogP) is 12.6. The first-order valence-electron chi connectivity index (χ1n) is 19.0. The Hall–Kier alpha value is -5.17. The summed E-state index contributed by atoms with van der Waals surface area (Å²) in [6.45, 7) is 6.65. The van der Waals surface area contributed by atoms with Crippen LogP contribution in [0.4, 0.5) is 23.0 Å². The van der Waals surface area contributed by atoms with Crippen LogP contribution in [0, 0.1) is 0 Å². The number of rotatable bonds is 10. The molecule has 0 radical (unpaired) electrons. The van der Waals surface area contributed by atoms with Gasteiger partial charge in [-0.15, -0.1) is 0 Å². The summed E-state index contributed by atoms with van der Waals surface area (Å²) in [6.07, 6.45) is 17.8. The Morgan fingerprint density at radius 3 is 2.11 bits per heavy atom. The first kappa shape index (κ1) is 36.2. The van der Waals surface area contributed by atoms with Gasteiger partial charge in [-0.1, -0.05) is 124 Å². The van der Waals surface area contributed by atoms with Crippen LogP contribution in [0.15, 0.2) is 133 Å². The molecule has 7 heteroatoms. The van der Waals surface area contributed by atoms with Gasteiger partial charge in [-0.3, -0.25) is 0 Å². The first-order chi connectivity index (χ1) is 25.8. The molecule has 0 unspecified atom stereocenters. The van der Waals surface area contributed by atoms with Gasteiger partial charge < -0.3 is 21.8 Å². The number of aryl methyl sites for hydroxylation is 1. The van der Waals surface area contributed by atoms with E-state index in [4.69, 9.17) is 0 Å². The molecule has 2 aliphatic rings. The Bertz CT molecular complexity index is 2430. The molecule has 0 fully saturated rings. The number of hydrogen-bond donors (Lipinski definition) is 0. The van der Waals surface area contributed by atoms with Crippen LogP contribution in [-0.2, 0) is 6.54 Å². The molecule has 1 aromatic heterocycles.